The number of carbonyl (C=O) groups is 2. The topological polar surface area (TPSA) is 53.1 Å². The molecule has 2 amide bonds. The Bertz CT molecular complexity index is 703. The second-order valence-corrected chi connectivity index (χ2v) is 8.51. The third-order valence-electron chi connectivity index (χ3n) is 6.98. The van der Waals surface area contributed by atoms with Crippen molar-refractivity contribution < 1.29 is 14.3 Å². The minimum atomic E-state index is -0.197. The number of anilines is 1. The molecule has 4 aliphatic heterocycles. The molecule has 29 heavy (non-hydrogen) atoms. The van der Waals surface area contributed by atoms with Gasteiger partial charge in [0.25, 0.3) is 0 Å². The van der Waals surface area contributed by atoms with Crippen molar-refractivity contribution in [3.63, 3.8) is 0 Å². The fourth-order valence-corrected chi connectivity index (χ4v) is 4.86. The van der Waals surface area contributed by atoms with Crippen LogP contribution in [-0.2, 0) is 16.0 Å². The molecular formula is C22H32ClN3O3. The fourth-order valence-electron chi connectivity index (χ4n) is 4.86. The molecule has 4 fully saturated rings. The first kappa shape index (κ1) is 21.9. The molecule has 0 N–H and O–H groups in total. The summed E-state index contributed by atoms with van der Waals surface area (Å²) in [5.41, 5.74) is 2.50. The minimum Gasteiger partial charge on any atom is -0.469 e. The number of methoxy groups -OCH3 is 1. The van der Waals surface area contributed by atoms with Crippen molar-refractivity contribution in [3.05, 3.63) is 29.8 Å². The van der Waals surface area contributed by atoms with E-state index in [1.807, 2.05) is 34.1 Å². The lowest BCUT2D eigenvalue weighted by Gasteiger charge is -2.49. The molecule has 0 atom stereocenters. The SMILES string of the molecule is COC(=O)CCc1ccc(N2CCN(CCC34CCN(CC3)CC4)C2=O)cc1.Cl. The maximum absolute atomic E-state index is 12.9. The minimum absolute atomic E-state index is 0. The lowest BCUT2D eigenvalue weighted by molar-refractivity contribution is -0.140. The number of nitrogens with zero attached hydrogens (tertiary/aromatic N) is 3. The molecule has 6 nitrogen and oxygen atoms in total. The zero-order valence-corrected chi connectivity index (χ0v) is 18.1. The Morgan fingerprint density at radius 3 is 2.31 bits per heavy atom. The third kappa shape index (κ3) is 4.86. The van der Waals surface area contributed by atoms with Crippen molar-refractivity contribution in [1.29, 1.82) is 0 Å². The maximum atomic E-state index is 12.9. The molecule has 160 valence electrons. The van der Waals surface area contributed by atoms with Crippen LogP contribution in [0.5, 0.6) is 0 Å². The van der Waals surface area contributed by atoms with Gasteiger partial charge in [0.15, 0.2) is 0 Å². The van der Waals surface area contributed by atoms with Gasteiger partial charge in [-0.05, 0) is 74.8 Å². The Kier molecular flexibility index (Phi) is 7.06. The Balaban J connectivity index is 0.00000240. The van der Waals surface area contributed by atoms with Gasteiger partial charge >= 0.3 is 12.0 Å². The van der Waals surface area contributed by atoms with Gasteiger partial charge in [-0.2, -0.15) is 0 Å². The fraction of sp³-hybridized carbons (Fsp3) is 0.636. The average Bonchev–Trinajstić information content (AvgIpc) is 3.12. The number of piperidine rings is 3. The summed E-state index contributed by atoms with van der Waals surface area (Å²) in [7, 11) is 1.41. The van der Waals surface area contributed by atoms with Gasteiger partial charge in [0.1, 0.15) is 0 Å². The largest absolute Gasteiger partial charge is 0.469 e. The zero-order chi connectivity index (χ0) is 19.6. The molecular weight excluding hydrogens is 390 g/mol. The van der Waals surface area contributed by atoms with Crippen LogP contribution in [0.4, 0.5) is 10.5 Å². The van der Waals surface area contributed by atoms with E-state index in [1.54, 1.807) is 0 Å². The number of hydrogen-bond donors (Lipinski definition) is 0. The van der Waals surface area contributed by atoms with Crippen LogP contribution in [0.25, 0.3) is 0 Å². The number of ether oxygens (including phenoxy) is 1. The lowest BCUT2D eigenvalue weighted by atomic mass is 9.70. The summed E-state index contributed by atoms with van der Waals surface area (Å²) in [6.07, 6.45) is 6.08. The van der Waals surface area contributed by atoms with Crippen LogP contribution in [0, 0.1) is 5.41 Å². The normalized spacial score (nSPS) is 25.8. The molecule has 0 radical (unpaired) electrons. The predicted octanol–water partition coefficient (Wildman–Crippen LogP) is 3.33. The molecule has 0 unspecified atom stereocenters. The van der Waals surface area contributed by atoms with Gasteiger partial charge in [0.2, 0.25) is 0 Å². The highest BCUT2D eigenvalue weighted by atomic mass is 35.5. The van der Waals surface area contributed by atoms with Crippen LogP contribution >= 0.6 is 12.4 Å². The Morgan fingerprint density at radius 1 is 1.03 bits per heavy atom. The molecule has 4 saturated heterocycles. The molecule has 0 aromatic heterocycles. The van der Waals surface area contributed by atoms with Gasteiger partial charge in [-0.1, -0.05) is 12.1 Å². The molecule has 0 saturated carbocycles. The van der Waals surface area contributed by atoms with E-state index in [2.05, 4.69) is 9.64 Å². The number of rotatable bonds is 7. The van der Waals surface area contributed by atoms with E-state index in [0.29, 0.717) is 18.3 Å². The number of fused-ring (bicyclic) bond motifs is 3. The summed E-state index contributed by atoms with van der Waals surface area (Å²) in [6.45, 7) is 6.16. The van der Waals surface area contributed by atoms with Gasteiger partial charge in [0, 0.05) is 31.7 Å². The van der Waals surface area contributed by atoms with E-state index in [1.165, 1.54) is 46.0 Å². The number of esters is 1. The summed E-state index contributed by atoms with van der Waals surface area (Å²) in [4.78, 5) is 30.7. The van der Waals surface area contributed by atoms with E-state index < -0.39 is 0 Å². The molecule has 4 aliphatic rings. The Labute approximate surface area is 179 Å². The van der Waals surface area contributed by atoms with Gasteiger partial charge in [-0.25, -0.2) is 4.79 Å². The van der Waals surface area contributed by atoms with Crippen molar-refractivity contribution in [1.82, 2.24) is 9.80 Å². The van der Waals surface area contributed by atoms with Crippen LogP contribution in [0.2, 0.25) is 0 Å². The van der Waals surface area contributed by atoms with E-state index in [0.717, 1.165) is 37.3 Å². The lowest BCUT2D eigenvalue weighted by Crippen LogP contribution is -2.49. The van der Waals surface area contributed by atoms with Crippen LogP contribution < -0.4 is 4.90 Å². The quantitative estimate of drug-likeness (QED) is 0.633. The van der Waals surface area contributed by atoms with Crippen LogP contribution in [-0.4, -0.2) is 68.2 Å². The predicted molar refractivity (Wildman–Crippen MR) is 116 cm³/mol. The standard InChI is InChI=1S/C22H31N3O3.ClH/c1-28-20(26)7-4-18-2-5-19(6-3-18)25-17-16-24(21(25)27)15-11-22-8-12-23(13-9-22)14-10-22;/h2-3,5-6H,4,7-17H2,1H3;1H. The van der Waals surface area contributed by atoms with Gasteiger partial charge < -0.3 is 14.5 Å². The summed E-state index contributed by atoms with van der Waals surface area (Å²) in [5.74, 6) is -0.197. The molecule has 0 aliphatic carbocycles. The number of urea groups is 1. The summed E-state index contributed by atoms with van der Waals surface area (Å²) in [5, 5.41) is 0. The second kappa shape index (κ2) is 9.35. The highest BCUT2D eigenvalue weighted by Gasteiger charge is 2.40. The molecule has 4 heterocycles. The van der Waals surface area contributed by atoms with Crippen molar-refractivity contribution in [2.75, 3.05) is 51.3 Å². The van der Waals surface area contributed by atoms with E-state index in [4.69, 9.17) is 0 Å². The zero-order valence-electron chi connectivity index (χ0n) is 17.3. The third-order valence-corrected chi connectivity index (χ3v) is 6.98. The number of benzene rings is 1. The van der Waals surface area contributed by atoms with E-state index >= 15 is 0 Å². The number of halogens is 1. The average molecular weight is 422 g/mol. The smallest absolute Gasteiger partial charge is 0.324 e. The first-order chi connectivity index (χ1) is 13.6. The van der Waals surface area contributed by atoms with Gasteiger partial charge in [0.05, 0.1) is 7.11 Å². The second-order valence-electron chi connectivity index (χ2n) is 8.51. The van der Waals surface area contributed by atoms with Crippen molar-refractivity contribution >= 4 is 30.1 Å². The van der Waals surface area contributed by atoms with Crippen LogP contribution in [0.1, 0.15) is 37.7 Å². The number of carbonyl (C=O) groups excluding carboxylic acids is 2. The van der Waals surface area contributed by atoms with E-state index in [-0.39, 0.29) is 24.4 Å². The Morgan fingerprint density at radius 2 is 1.69 bits per heavy atom. The van der Waals surface area contributed by atoms with Crippen LogP contribution in [0.15, 0.2) is 24.3 Å². The van der Waals surface area contributed by atoms with Crippen molar-refractivity contribution in [2.24, 2.45) is 5.41 Å². The number of hydrogen-bond acceptors (Lipinski definition) is 4. The molecule has 7 heteroatoms. The monoisotopic (exact) mass is 421 g/mol. The van der Waals surface area contributed by atoms with E-state index in [9.17, 15) is 9.59 Å². The number of aryl methyl sites for hydroxylation is 1. The Hall–Kier alpha value is -1.79. The molecule has 0 spiro atoms. The van der Waals surface area contributed by atoms with Crippen molar-refractivity contribution in [2.45, 2.75) is 38.5 Å². The van der Waals surface area contributed by atoms with Gasteiger partial charge in [-0.15, -0.1) is 12.4 Å². The van der Waals surface area contributed by atoms with Crippen molar-refractivity contribution in [3.8, 4) is 0 Å². The first-order valence-corrected chi connectivity index (χ1v) is 10.5. The molecule has 2 bridgehead atoms. The van der Waals surface area contributed by atoms with Crippen LogP contribution in [0.3, 0.4) is 0 Å². The first-order valence-electron chi connectivity index (χ1n) is 10.5. The molecule has 1 aromatic rings. The molecule has 5 rings (SSSR count). The number of amides is 2. The summed E-state index contributed by atoms with van der Waals surface area (Å²) >= 11 is 0. The van der Waals surface area contributed by atoms with Gasteiger partial charge in [-0.3, -0.25) is 9.69 Å². The highest BCUT2D eigenvalue weighted by molar-refractivity contribution is 5.94. The molecule has 1 aromatic carbocycles. The summed E-state index contributed by atoms with van der Waals surface area (Å²) in [6, 6.07) is 8.12. The maximum Gasteiger partial charge on any atom is 0.324 e. The highest BCUT2D eigenvalue weighted by Crippen LogP contribution is 2.43. The summed E-state index contributed by atoms with van der Waals surface area (Å²) < 4.78 is 4.69.